The van der Waals surface area contributed by atoms with Crippen LogP contribution in [0.1, 0.15) is 60.2 Å². The summed E-state index contributed by atoms with van der Waals surface area (Å²) in [6.07, 6.45) is 4.42. The Morgan fingerprint density at radius 2 is 1.12 bits per heavy atom. The molecule has 0 atom stereocenters. The number of rotatable bonds is 15. The summed E-state index contributed by atoms with van der Waals surface area (Å²) in [6, 6.07) is 19.7. The van der Waals surface area contributed by atoms with E-state index in [2.05, 4.69) is 0 Å². The number of esters is 2. The third-order valence-electron chi connectivity index (χ3n) is 5.45. The number of carbonyl (C=O) groups excluding carboxylic acids is 4. The minimum atomic E-state index is -0.292. The fraction of sp³-hybridized carbons (Fsp3) is 0.312. The van der Waals surface area contributed by atoms with Crippen molar-refractivity contribution >= 4 is 24.5 Å². The maximum absolute atomic E-state index is 11.1. The summed E-state index contributed by atoms with van der Waals surface area (Å²) in [5.41, 5.74) is 2.94. The fourth-order valence-electron chi connectivity index (χ4n) is 3.55. The summed E-state index contributed by atoms with van der Waals surface area (Å²) in [5, 5.41) is 9.33. The van der Waals surface area contributed by atoms with Gasteiger partial charge in [0.15, 0.2) is 0 Å². The van der Waals surface area contributed by atoms with Crippen molar-refractivity contribution in [3.05, 3.63) is 77.9 Å². The van der Waals surface area contributed by atoms with Crippen LogP contribution in [0.25, 0.3) is 11.1 Å². The maximum Gasteiger partial charge on any atom is 0.302 e. The molecule has 0 radical (unpaired) electrons. The normalized spacial score (nSPS) is 10.0. The Morgan fingerprint density at radius 1 is 0.634 bits per heavy atom. The van der Waals surface area contributed by atoms with Crippen LogP contribution < -0.4 is 9.47 Å². The Hall–Kier alpha value is -4.66. The lowest BCUT2D eigenvalue weighted by atomic mass is 10.0. The van der Waals surface area contributed by atoms with Crippen LogP contribution in [0.2, 0.25) is 0 Å². The van der Waals surface area contributed by atoms with Gasteiger partial charge in [0.1, 0.15) is 29.8 Å². The highest BCUT2D eigenvalue weighted by molar-refractivity contribution is 5.80. The number of aromatic hydroxyl groups is 1. The molecular weight excluding hydrogens is 528 g/mol. The highest BCUT2D eigenvalue weighted by Crippen LogP contribution is 2.26. The summed E-state index contributed by atoms with van der Waals surface area (Å²) in [4.78, 5) is 42.8. The molecule has 3 aromatic rings. The molecule has 9 heteroatoms. The fourth-order valence-corrected chi connectivity index (χ4v) is 3.55. The van der Waals surface area contributed by atoms with E-state index in [4.69, 9.17) is 18.9 Å². The van der Waals surface area contributed by atoms with Gasteiger partial charge in [0, 0.05) is 31.0 Å². The lowest BCUT2D eigenvalue weighted by Crippen LogP contribution is -2.04. The number of hydrogen-bond donors (Lipinski definition) is 1. The smallest absolute Gasteiger partial charge is 0.302 e. The molecule has 3 rings (SSSR count). The van der Waals surface area contributed by atoms with Crippen LogP contribution in [0, 0.1) is 0 Å². The van der Waals surface area contributed by atoms with E-state index in [9.17, 15) is 24.3 Å². The van der Waals surface area contributed by atoms with Crippen LogP contribution in [0.15, 0.2) is 66.7 Å². The first-order valence-corrected chi connectivity index (χ1v) is 13.3. The molecule has 0 aliphatic heterocycles. The van der Waals surface area contributed by atoms with Crippen LogP contribution in [0.5, 0.6) is 17.2 Å². The van der Waals surface area contributed by atoms with E-state index in [1.54, 1.807) is 12.1 Å². The van der Waals surface area contributed by atoms with Crippen molar-refractivity contribution in [3.8, 4) is 28.4 Å². The predicted octanol–water partition coefficient (Wildman–Crippen LogP) is 5.82. The standard InChI is InChI=1S/C19H20O4.C13H16O5/c1-15(21)22-9-5-6-10-23-19-12-16(14-20)11-18(13-19)17-7-3-2-4-8-17;1-10(15)17-4-2-3-5-18-13-7-11(9-14)6-12(16)8-13/h2-4,7-8,11-14H,5-6,9-10H2,1H3;6-9,16H,2-5H2,1H3. The van der Waals surface area contributed by atoms with Crippen LogP contribution >= 0.6 is 0 Å². The quantitative estimate of drug-likeness (QED) is 0.138. The minimum Gasteiger partial charge on any atom is -0.508 e. The van der Waals surface area contributed by atoms with Crippen molar-refractivity contribution in [1.29, 1.82) is 0 Å². The number of phenolic OH excluding ortho intramolecular Hbond substituents is 1. The van der Waals surface area contributed by atoms with Gasteiger partial charge in [-0.05, 0) is 67.1 Å². The van der Waals surface area contributed by atoms with Crippen LogP contribution in [0.4, 0.5) is 0 Å². The highest BCUT2D eigenvalue weighted by Gasteiger charge is 2.05. The molecule has 41 heavy (non-hydrogen) atoms. The summed E-state index contributed by atoms with van der Waals surface area (Å²) in [7, 11) is 0. The number of aldehydes is 2. The van der Waals surface area contributed by atoms with E-state index >= 15 is 0 Å². The number of unbranched alkanes of at least 4 members (excludes halogenated alkanes) is 2. The summed E-state index contributed by atoms with van der Waals surface area (Å²) >= 11 is 0. The highest BCUT2D eigenvalue weighted by atomic mass is 16.5. The van der Waals surface area contributed by atoms with Crippen molar-refractivity contribution in [2.24, 2.45) is 0 Å². The average molecular weight is 565 g/mol. The Balaban J connectivity index is 0.000000296. The second kappa shape index (κ2) is 18.6. The number of phenols is 1. The molecule has 0 bridgehead atoms. The van der Waals surface area contributed by atoms with Crippen molar-refractivity contribution in [3.63, 3.8) is 0 Å². The molecule has 0 unspecified atom stereocenters. The van der Waals surface area contributed by atoms with Gasteiger partial charge in [-0.2, -0.15) is 0 Å². The summed E-state index contributed by atoms with van der Waals surface area (Å²) < 4.78 is 20.7. The molecule has 1 N–H and O–H groups in total. The van der Waals surface area contributed by atoms with Gasteiger partial charge < -0.3 is 24.1 Å². The molecular formula is C32H36O9. The van der Waals surface area contributed by atoms with E-state index < -0.39 is 0 Å². The van der Waals surface area contributed by atoms with Gasteiger partial charge in [0.05, 0.1) is 26.4 Å². The van der Waals surface area contributed by atoms with Gasteiger partial charge in [0.2, 0.25) is 0 Å². The first-order chi connectivity index (χ1) is 19.8. The minimum absolute atomic E-state index is 0.00508. The maximum atomic E-state index is 11.1. The molecule has 3 aromatic carbocycles. The Bertz CT molecular complexity index is 1260. The van der Waals surface area contributed by atoms with E-state index in [0.717, 1.165) is 36.7 Å². The average Bonchev–Trinajstić information content (AvgIpc) is 2.96. The SMILES string of the molecule is CC(=O)OCCCCOc1cc(C=O)cc(-c2ccccc2)c1.CC(=O)OCCCCOc1cc(O)cc(C=O)c1. The zero-order valence-corrected chi connectivity index (χ0v) is 23.4. The topological polar surface area (TPSA) is 125 Å². The number of benzene rings is 3. The Labute approximate surface area is 240 Å². The zero-order chi connectivity index (χ0) is 29.9. The predicted molar refractivity (Wildman–Crippen MR) is 153 cm³/mol. The molecule has 9 nitrogen and oxygen atoms in total. The van der Waals surface area contributed by atoms with Crippen LogP contribution in [-0.4, -0.2) is 56.0 Å². The number of ether oxygens (including phenoxy) is 4. The molecule has 0 heterocycles. The first kappa shape index (κ1) is 32.6. The summed E-state index contributed by atoms with van der Waals surface area (Å²) in [5.74, 6) is 0.552. The van der Waals surface area contributed by atoms with Crippen molar-refractivity contribution in [2.75, 3.05) is 26.4 Å². The molecule has 0 amide bonds. The van der Waals surface area contributed by atoms with E-state index in [1.807, 2.05) is 42.5 Å². The lowest BCUT2D eigenvalue weighted by Gasteiger charge is -2.10. The number of hydrogen-bond acceptors (Lipinski definition) is 9. The molecule has 0 fully saturated rings. The Kier molecular flexibility index (Phi) is 14.8. The molecule has 0 saturated carbocycles. The van der Waals surface area contributed by atoms with Gasteiger partial charge >= 0.3 is 11.9 Å². The van der Waals surface area contributed by atoms with Crippen molar-refractivity contribution < 1.29 is 43.2 Å². The summed E-state index contributed by atoms with van der Waals surface area (Å²) in [6.45, 7) is 4.48. The largest absolute Gasteiger partial charge is 0.508 e. The lowest BCUT2D eigenvalue weighted by molar-refractivity contribution is -0.142. The molecule has 0 aliphatic rings. The van der Waals surface area contributed by atoms with Gasteiger partial charge in [0.25, 0.3) is 0 Å². The van der Waals surface area contributed by atoms with Crippen LogP contribution in [-0.2, 0) is 19.1 Å². The monoisotopic (exact) mass is 564 g/mol. The van der Waals surface area contributed by atoms with Gasteiger partial charge in [-0.1, -0.05) is 30.3 Å². The third-order valence-corrected chi connectivity index (χ3v) is 5.45. The molecule has 0 aliphatic carbocycles. The van der Waals surface area contributed by atoms with Crippen molar-refractivity contribution in [1.82, 2.24) is 0 Å². The second-order valence-electron chi connectivity index (χ2n) is 8.94. The van der Waals surface area contributed by atoms with Gasteiger partial charge in [-0.25, -0.2) is 0 Å². The first-order valence-electron chi connectivity index (χ1n) is 13.3. The van der Waals surface area contributed by atoms with Gasteiger partial charge in [-0.3, -0.25) is 19.2 Å². The molecule has 218 valence electrons. The van der Waals surface area contributed by atoms with Gasteiger partial charge in [-0.15, -0.1) is 0 Å². The molecule has 0 saturated heterocycles. The van der Waals surface area contributed by atoms with E-state index in [0.29, 0.717) is 61.8 Å². The van der Waals surface area contributed by atoms with E-state index in [1.165, 1.54) is 26.0 Å². The molecule has 0 spiro atoms. The molecule has 0 aromatic heterocycles. The van der Waals surface area contributed by atoms with Crippen molar-refractivity contribution in [2.45, 2.75) is 39.5 Å². The zero-order valence-electron chi connectivity index (χ0n) is 23.4. The number of carbonyl (C=O) groups is 4. The third kappa shape index (κ3) is 13.8. The Morgan fingerprint density at radius 3 is 1.63 bits per heavy atom. The second-order valence-corrected chi connectivity index (χ2v) is 8.94. The van der Waals surface area contributed by atoms with E-state index in [-0.39, 0.29) is 17.7 Å². The van der Waals surface area contributed by atoms with Crippen LogP contribution in [0.3, 0.4) is 0 Å².